The van der Waals surface area contributed by atoms with Crippen LogP contribution in [0.5, 0.6) is 17.2 Å². The van der Waals surface area contributed by atoms with E-state index in [0.29, 0.717) is 19.8 Å². The van der Waals surface area contributed by atoms with Gasteiger partial charge in [-0.2, -0.15) is 0 Å². The first kappa shape index (κ1) is 31.2. The maximum atomic E-state index is 13.8. The minimum absolute atomic E-state index is 0.0821. The molecule has 0 heterocycles. The predicted molar refractivity (Wildman–Crippen MR) is 159 cm³/mol. The van der Waals surface area contributed by atoms with Crippen LogP contribution in [0.1, 0.15) is 111 Å². The summed E-state index contributed by atoms with van der Waals surface area (Å²) in [5, 5.41) is 0.857. The molecule has 0 aliphatic carbocycles. The van der Waals surface area contributed by atoms with Crippen molar-refractivity contribution >= 4 is 19.4 Å². The van der Waals surface area contributed by atoms with Gasteiger partial charge in [-0.15, -0.1) is 0 Å². The normalized spacial score (nSPS) is 11.3. The molecule has 0 aliphatic rings. The van der Waals surface area contributed by atoms with E-state index in [1.165, 1.54) is 11.1 Å². The van der Waals surface area contributed by atoms with Crippen LogP contribution in [0.4, 0.5) is 0 Å². The van der Waals surface area contributed by atoms with E-state index in [4.69, 9.17) is 14.2 Å². The average molecular weight is 529 g/mol. The Balaban J connectivity index is 2.45. The smallest absolute Gasteiger partial charge is 0.186 e. The van der Waals surface area contributed by atoms with Crippen LogP contribution in [0.15, 0.2) is 18.2 Å². The summed E-state index contributed by atoms with van der Waals surface area (Å²) in [6.45, 7) is 16.8. The number of carbonyl (C=O) groups excluding carboxylic acids is 1. The Kier molecular flexibility index (Phi) is 14.1. The van der Waals surface area contributed by atoms with Crippen molar-refractivity contribution in [2.24, 2.45) is 0 Å². The lowest BCUT2D eigenvalue weighted by molar-refractivity contribution is 0.108. The third kappa shape index (κ3) is 9.64. The summed E-state index contributed by atoms with van der Waals surface area (Å²) in [6, 6.07) is 6.05. The van der Waals surface area contributed by atoms with Gasteiger partial charge in [0.05, 0.1) is 25.1 Å². The number of carbonyl (C=O) groups is 1. The molecular formula is C32H49O4P. The van der Waals surface area contributed by atoms with E-state index in [1.54, 1.807) is 0 Å². The van der Waals surface area contributed by atoms with Crippen LogP contribution in [0.3, 0.4) is 0 Å². The second-order valence-electron chi connectivity index (χ2n) is 10.1. The Hall–Kier alpha value is -2.06. The molecule has 0 fully saturated rings. The van der Waals surface area contributed by atoms with Gasteiger partial charge in [-0.1, -0.05) is 65.4 Å². The van der Waals surface area contributed by atoms with Gasteiger partial charge in [-0.25, -0.2) is 0 Å². The summed E-state index contributed by atoms with van der Waals surface area (Å²) in [5.74, 6) is 2.20. The summed E-state index contributed by atoms with van der Waals surface area (Å²) in [7, 11) is -0.0821. The minimum Gasteiger partial charge on any atom is -0.493 e. The first-order valence-electron chi connectivity index (χ1n) is 14.3. The molecule has 2 aromatic carbocycles. The van der Waals surface area contributed by atoms with Crippen LogP contribution in [0, 0.1) is 27.7 Å². The second kappa shape index (κ2) is 16.7. The molecule has 0 saturated carbocycles. The zero-order valence-corrected chi connectivity index (χ0v) is 25.4. The van der Waals surface area contributed by atoms with E-state index in [2.05, 4.69) is 47.6 Å². The summed E-state index contributed by atoms with van der Waals surface area (Å²) >= 11 is 0. The number of hydrogen-bond acceptors (Lipinski definition) is 4. The maximum Gasteiger partial charge on any atom is 0.186 e. The molecule has 0 aliphatic heterocycles. The highest BCUT2D eigenvalue weighted by molar-refractivity contribution is 7.66. The van der Waals surface area contributed by atoms with Crippen molar-refractivity contribution in [3.05, 3.63) is 46.0 Å². The maximum absolute atomic E-state index is 13.8. The highest BCUT2D eigenvalue weighted by Gasteiger charge is 2.22. The second-order valence-corrected chi connectivity index (χ2v) is 11.3. The minimum atomic E-state index is -0.0821. The van der Waals surface area contributed by atoms with Crippen LogP contribution in [-0.4, -0.2) is 25.3 Å². The van der Waals surface area contributed by atoms with E-state index in [0.717, 1.165) is 97.0 Å². The molecule has 0 aromatic heterocycles. The molecule has 0 N–H and O–H groups in total. The van der Waals surface area contributed by atoms with Crippen molar-refractivity contribution in [1.82, 2.24) is 0 Å². The molecule has 1 atom stereocenters. The third-order valence-corrected chi connectivity index (χ3v) is 8.11. The van der Waals surface area contributed by atoms with Gasteiger partial charge in [-0.05, 0) is 77.8 Å². The summed E-state index contributed by atoms with van der Waals surface area (Å²) < 4.78 is 18.7. The van der Waals surface area contributed by atoms with E-state index < -0.39 is 0 Å². The fourth-order valence-electron chi connectivity index (χ4n) is 4.42. The Morgan fingerprint density at radius 3 is 1.62 bits per heavy atom. The molecule has 4 nitrogen and oxygen atoms in total. The lowest BCUT2D eigenvalue weighted by Crippen LogP contribution is -2.15. The largest absolute Gasteiger partial charge is 0.493 e. The Labute approximate surface area is 227 Å². The molecule has 37 heavy (non-hydrogen) atoms. The fourth-order valence-corrected chi connectivity index (χ4v) is 5.69. The van der Waals surface area contributed by atoms with Gasteiger partial charge < -0.3 is 14.2 Å². The van der Waals surface area contributed by atoms with Gasteiger partial charge in [0, 0.05) is 17.7 Å². The van der Waals surface area contributed by atoms with Crippen molar-refractivity contribution in [2.45, 2.75) is 106 Å². The van der Waals surface area contributed by atoms with Crippen molar-refractivity contribution in [1.29, 1.82) is 0 Å². The van der Waals surface area contributed by atoms with Gasteiger partial charge in [-0.3, -0.25) is 4.79 Å². The summed E-state index contributed by atoms with van der Waals surface area (Å²) in [5.41, 5.74) is 5.47. The number of hydrogen-bond donors (Lipinski definition) is 0. The molecule has 1 unspecified atom stereocenters. The first-order chi connectivity index (χ1) is 17.8. The zero-order chi connectivity index (χ0) is 27.2. The lowest BCUT2D eigenvalue weighted by atomic mass is 9.95. The topological polar surface area (TPSA) is 44.8 Å². The van der Waals surface area contributed by atoms with Gasteiger partial charge in [0.25, 0.3) is 0 Å². The van der Waals surface area contributed by atoms with Gasteiger partial charge in [0.1, 0.15) is 17.2 Å². The molecule has 5 heteroatoms. The van der Waals surface area contributed by atoms with E-state index in [9.17, 15) is 4.79 Å². The quantitative estimate of drug-likeness (QED) is 0.143. The van der Waals surface area contributed by atoms with E-state index >= 15 is 0 Å². The standard InChI is InChI=1S/C32H49O4P/c1-8-11-14-17-34-27-21-28(35-18-15-12-9-2)31(29(22-27)36-19-16-13-10-3)37-32(33)30-24(5)20-23(4)25(6)26(30)7/h20-22,37H,8-19H2,1-7H3. The van der Waals surface area contributed by atoms with Crippen molar-refractivity contribution < 1.29 is 19.0 Å². The van der Waals surface area contributed by atoms with Crippen molar-refractivity contribution in [3.63, 3.8) is 0 Å². The van der Waals surface area contributed by atoms with Crippen LogP contribution in [-0.2, 0) is 0 Å². The van der Waals surface area contributed by atoms with Crippen molar-refractivity contribution in [3.8, 4) is 17.2 Å². The van der Waals surface area contributed by atoms with Gasteiger partial charge in [0.15, 0.2) is 5.52 Å². The highest BCUT2D eigenvalue weighted by Crippen LogP contribution is 2.36. The predicted octanol–water partition coefficient (Wildman–Crippen LogP) is 8.77. The lowest BCUT2D eigenvalue weighted by Gasteiger charge is -2.20. The van der Waals surface area contributed by atoms with E-state index in [1.807, 2.05) is 19.1 Å². The SMILES string of the molecule is CCCCCOc1cc(OCCCCC)c(PC(=O)c2c(C)cc(C)c(C)c2C)c(OCCCCC)c1. The summed E-state index contributed by atoms with van der Waals surface area (Å²) in [6.07, 6.45) is 9.78. The molecule has 2 aromatic rings. The third-order valence-electron chi connectivity index (χ3n) is 6.89. The van der Waals surface area contributed by atoms with Gasteiger partial charge in [0.2, 0.25) is 0 Å². The molecule has 0 amide bonds. The van der Waals surface area contributed by atoms with E-state index in [-0.39, 0.29) is 14.1 Å². The molecule has 0 bridgehead atoms. The molecule has 2 rings (SSSR count). The number of unbranched alkanes of at least 4 members (excludes halogenated alkanes) is 6. The molecule has 0 saturated heterocycles. The average Bonchev–Trinajstić information content (AvgIpc) is 2.87. The fraction of sp³-hybridized carbons (Fsp3) is 0.594. The Bertz CT molecular complexity index is 966. The molecule has 206 valence electrons. The molecular weight excluding hydrogens is 479 g/mol. The van der Waals surface area contributed by atoms with Crippen LogP contribution >= 0.6 is 8.58 Å². The monoisotopic (exact) mass is 528 g/mol. The summed E-state index contributed by atoms with van der Waals surface area (Å²) in [4.78, 5) is 13.8. The number of rotatable bonds is 18. The van der Waals surface area contributed by atoms with Crippen LogP contribution < -0.4 is 19.5 Å². The number of aryl methyl sites for hydroxylation is 2. The molecule has 0 spiro atoms. The molecule has 0 radical (unpaired) electrons. The van der Waals surface area contributed by atoms with Crippen LogP contribution in [0.2, 0.25) is 0 Å². The number of benzene rings is 2. The Morgan fingerprint density at radius 2 is 1.14 bits per heavy atom. The van der Waals surface area contributed by atoms with Crippen molar-refractivity contribution in [2.75, 3.05) is 19.8 Å². The van der Waals surface area contributed by atoms with Crippen LogP contribution in [0.25, 0.3) is 0 Å². The first-order valence-corrected chi connectivity index (χ1v) is 15.3. The number of ether oxygens (including phenoxy) is 3. The highest BCUT2D eigenvalue weighted by atomic mass is 31.1. The van der Waals surface area contributed by atoms with Gasteiger partial charge >= 0.3 is 0 Å². The Morgan fingerprint density at radius 1 is 0.649 bits per heavy atom. The zero-order valence-electron chi connectivity index (χ0n) is 24.4.